The first-order valence-corrected chi connectivity index (χ1v) is 9.00. The molecule has 0 aromatic heterocycles. The van der Waals surface area contributed by atoms with Gasteiger partial charge in [0.25, 0.3) is 0 Å². The van der Waals surface area contributed by atoms with Crippen molar-refractivity contribution in [1.82, 2.24) is 0 Å². The summed E-state index contributed by atoms with van der Waals surface area (Å²) in [4.78, 5) is 10.6. The highest BCUT2D eigenvalue weighted by Crippen LogP contribution is 2.14. The third-order valence-corrected chi connectivity index (χ3v) is 4.11. The van der Waals surface area contributed by atoms with Crippen LogP contribution >= 0.6 is 12.6 Å². The average molecular weight is 305 g/mol. The molecule has 0 saturated heterocycles. The molecular weight excluding hydrogens is 271 g/mol. The summed E-state index contributed by atoms with van der Waals surface area (Å²) in [6.45, 7) is 2.25. The van der Waals surface area contributed by atoms with Gasteiger partial charge in [0, 0.05) is 0 Å². The lowest BCUT2D eigenvalue weighted by Gasteiger charge is -2.04. The molecule has 1 nitrogen and oxygen atoms in total. The largest absolute Gasteiger partial charge is 0.284 e. The molecule has 120 valence electrons. The molecule has 0 aliphatic carbocycles. The first-order chi connectivity index (χ1) is 9.68. The van der Waals surface area contributed by atoms with Gasteiger partial charge in [0.2, 0.25) is 5.12 Å². The van der Waals surface area contributed by atoms with E-state index in [1.807, 2.05) is 0 Å². The number of unbranched alkanes of at least 4 members (excludes halogenated alkanes) is 12. The van der Waals surface area contributed by atoms with E-state index < -0.39 is 11.3 Å². The summed E-state index contributed by atoms with van der Waals surface area (Å²) >= 11 is 3.50. The van der Waals surface area contributed by atoms with Crippen molar-refractivity contribution in [2.75, 3.05) is 0 Å². The maximum Gasteiger partial charge on any atom is 0.220 e. The summed E-state index contributed by atoms with van der Waals surface area (Å²) < 4.78 is 12.9. The quantitative estimate of drug-likeness (QED) is 0.279. The van der Waals surface area contributed by atoms with Crippen molar-refractivity contribution >= 4 is 17.7 Å². The molecule has 0 heterocycles. The average Bonchev–Trinajstić information content (AvgIpc) is 2.43. The molecule has 1 unspecified atom stereocenters. The van der Waals surface area contributed by atoms with Crippen LogP contribution < -0.4 is 0 Å². The van der Waals surface area contributed by atoms with Crippen LogP contribution in [0.15, 0.2) is 0 Å². The number of thiol groups is 1. The molecule has 0 bridgehead atoms. The zero-order chi connectivity index (χ0) is 15.1. The Morgan fingerprint density at radius 3 is 1.50 bits per heavy atom. The summed E-state index contributed by atoms with van der Waals surface area (Å²) in [7, 11) is 0. The minimum Gasteiger partial charge on any atom is -0.284 e. The van der Waals surface area contributed by atoms with Crippen molar-refractivity contribution in [2.45, 2.75) is 103 Å². The summed E-state index contributed by atoms with van der Waals surface area (Å²) in [5, 5.41) is -0.621. The molecule has 20 heavy (non-hydrogen) atoms. The van der Waals surface area contributed by atoms with Gasteiger partial charge in [-0.15, -0.1) is 12.6 Å². The van der Waals surface area contributed by atoms with E-state index in [0.717, 1.165) is 12.8 Å². The molecule has 0 aliphatic heterocycles. The van der Waals surface area contributed by atoms with Crippen molar-refractivity contribution in [3.8, 4) is 0 Å². The number of alkyl halides is 1. The van der Waals surface area contributed by atoms with Crippen LogP contribution in [0.5, 0.6) is 0 Å². The highest BCUT2D eigenvalue weighted by molar-refractivity contribution is 7.96. The topological polar surface area (TPSA) is 17.1 Å². The molecule has 0 saturated carbocycles. The van der Waals surface area contributed by atoms with Gasteiger partial charge in [-0.2, -0.15) is 0 Å². The molecule has 0 aromatic carbocycles. The zero-order valence-electron chi connectivity index (χ0n) is 13.2. The fraction of sp³-hybridized carbons (Fsp3) is 0.941. The predicted octanol–water partition coefficient (Wildman–Crippen LogP) is 6.26. The predicted molar refractivity (Wildman–Crippen MR) is 89.2 cm³/mol. The van der Waals surface area contributed by atoms with Crippen LogP contribution in [-0.2, 0) is 4.79 Å². The van der Waals surface area contributed by atoms with Crippen molar-refractivity contribution < 1.29 is 9.18 Å². The van der Waals surface area contributed by atoms with E-state index in [-0.39, 0.29) is 0 Å². The lowest BCUT2D eigenvalue weighted by Crippen LogP contribution is -2.08. The van der Waals surface area contributed by atoms with Crippen molar-refractivity contribution in [2.24, 2.45) is 0 Å². The van der Waals surface area contributed by atoms with Crippen LogP contribution in [0.1, 0.15) is 96.8 Å². The highest BCUT2D eigenvalue weighted by atomic mass is 32.1. The van der Waals surface area contributed by atoms with E-state index in [1.165, 1.54) is 70.6 Å². The third kappa shape index (κ3) is 14.4. The summed E-state index contributed by atoms with van der Waals surface area (Å²) in [6, 6.07) is 0. The van der Waals surface area contributed by atoms with E-state index in [4.69, 9.17) is 0 Å². The second-order valence-electron chi connectivity index (χ2n) is 5.84. The van der Waals surface area contributed by atoms with Gasteiger partial charge in [0.05, 0.1) is 0 Å². The Kier molecular flexibility index (Phi) is 15.3. The fourth-order valence-corrected chi connectivity index (χ4v) is 2.59. The van der Waals surface area contributed by atoms with Gasteiger partial charge in [0.1, 0.15) is 0 Å². The van der Waals surface area contributed by atoms with E-state index in [1.54, 1.807) is 0 Å². The van der Waals surface area contributed by atoms with E-state index in [9.17, 15) is 9.18 Å². The molecule has 0 amide bonds. The first-order valence-electron chi connectivity index (χ1n) is 8.55. The molecule has 0 fully saturated rings. The molecule has 0 rings (SSSR count). The Labute approximate surface area is 130 Å². The Hall–Kier alpha value is -0.0500. The van der Waals surface area contributed by atoms with Crippen molar-refractivity contribution in [1.29, 1.82) is 0 Å². The van der Waals surface area contributed by atoms with E-state index in [2.05, 4.69) is 19.6 Å². The molecule has 1 atom stereocenters. The lowest BCUT2D eigenvalue weighted by molar-refractivity contribution is -0.115. The Bertz CT molecular complexity index is 221. The second-order valence-corrected chi connectivity index (χ2v) is 6.28. The monoisotopic (exact) mass is 304 g/mol. The van der Waals surface area contributed by atoms with Gasteiger partial charge in [-0.3, -0.25) is 4.79 Å². The van der Waals surface area contributed by atoms with Crippen LogP contribution in [0, 0.1) is 0 Å². The van der Waals surface area contributed by atoms with Crippen LogP contribution in [0.2, 0.25) is 0 Å². The van der Waals surface area contributed by atoms with Gasteiger partial charge >= 0.3 is 0 Å². The highest BCUT2D eigenvalue weighted by Gasteiger charge is 2.11. The number of carbonyl (C=O) groups excluding carboxylic acids is 1. The van der Waals surface area contributed by atoms with Crippen molar-refractivity contribution in [3.63, 3.8) is 0 Å². The summed E-state index contributed by atoms with van der Waals surface area (Å²) in [5.74, 6) is 0. The van der Waals surface area contributed by atoms with Crippen LogP contribution in [0.4, 0.5) is 4.39 Å². The van der Waals surface area contributed by atoms with Gasteiger partial charge < -0.3 is 0 Å². The first kappa shape index (κ1) is 19.9. The molecule has 0 N–H and O–H groups in total. The Balaban J connectivity index is 3.04. The van der Waals surface area contributed by atoms with E-state index in [0.29, 0.717) is 6.42 Å². The molecule has 3 heteroatoms. The number of rotatable bonds is 15. The Morgan fingerprint density at radius 2 is 1.15 bits per heavy atom. The van der Waals surface area contributed by atoms with Crippen LogP contribution in [0.3, 0.4) is 0 Å². The van der Waals surface area contributed by atoms with E-state index >= 15 is 0 Å². The standard InChI is InChI=1S/C17H33FOS/c1-2-3-4-5-6-7-8-9-10-11-12-13-14-15-16(18)17(19)20/h16H,2-15H2,1H3,(H,19,20). The SMILES string of the molecule is CCCCCCCCCCCCCCCC(F)C(=O)S. The van der Waals surface area contributed by atoms with Crippen LogP contribution in [-0.4, -0.2) is 11.3 Å². The molecule has 0 spiro atoms. The third-order valence-electron chi connectivity index (χ3n) is 3.83. The summed E-state index contributed by atoms with van der Waals surface area (Å²) in [6.07, 6.45) is 15.6. The van der Waals surface area contributed by atoms with Gasteiger partial charge in [-0.25, -0.2) is 4.39 Å². The molecule has 0 aliphatic rings. The van der Waals surface area contributed by atoms with Gasteiger partial charge in [0.15, 0.2) is 6.17 Å². The lowest BCUT2D eigenvalue weighted by atomic mass is 10.0. The Morgan fingerprint density at radius 1 is 0.800 bits per heavy atom. The maximum atomic E-state index is 12.9. The minimum absolute atomic E-state index is 0.347. The second kappa shape index (κ2) is 15.3. The minimum atomic E-state index is -1.36. The smallest absolute Gasteiger partial charge is 0.220 e. The number of carbonyl (C=O) groups is 1. The fourth-order valence-electron chi connectivity index (χ4n) is 2.46. The van der Waals surface area contributed by atoms with Gasteiger partial charge in [-0.1, -0.05) is 90.4 Å². The van der Waals surface area contributed by atoms with Crippen LogP contribution in [0.25, 0.3) is 0 Å². The number of hydrogen-bond acceptors (Lipinski definition) is 1. The zero-order valence-corrected chi connectivity index (χ0v) is 14.1. The molecule has 0 radical (unpaired) electrons. The van der Waals surface area contributed by atoms with Gasteiger partial charge in [-0.05, 0) is 6.42 Å². The maximum absolute atomic E-state index is 12.9. The molecular formula is C17H33FOS. The number of hydrogen-bond donors (Lipinski definition) is 1. The normalized spacial score (nSPS) is 12.6. The number of halogens is 1. The molecule has 0 aromatic rings. The summed E-state index contributed by atoms with van der Waals surface area (Å²) in [5.41, 5.74) is 0. The van der Waals surface area contributed by atoms with Crippen molar-refractivity contribution in [3.05, 3.63) is 0 Å².